The highest BCUT2D eigenvalue weighted by Crippen LogP contribution is 2.24. The topological polar surface area (TPSA) is 66.1 Å². The summed E-state index contributed by atoms with van der Waals surface area (Å²) >= 11 is 0. The molecule has 3 N–H and O–H groups in total. The normalized spacial score (nSPS) is 16.5. The Hall–Kier alpha value is -2.08. The van der Waals surface area contributed by atoms with E-state index >= 15 is 0 Å². The molecular weight excluding hydrogens is 273 g/mol. The highest BCUT2D eigenvalue weighted by atomic mass is 19.1. The molecule has 1 aliphatic heterocycles. The lowest BCUT2D eigenvalue weighted by Crippen LogP contribution is -2.64. The third-order valence-electron chi connectivity index (χ3n) is 3.87. The van der Waals surface area contributed by atoms with E-state index in [2.05, 4.69) is 15.6 Å². The van der Waals surface area contributed by atoms with Crippen molar-refractivity contribution in [1.82, 2.24) is 15.6 Å². The second-order valence-corrected chi connectivity index (χ2v) is 5.30. The number of hydrogen-bond acceptors (Lipinski definition) is 3. The number of alkyl halides is 1. The van der Waals surface area contributed by atoms with Crippen LogP contribution in [0.3, 0.4) is 0 Å². The van der Waals surface area contributed by atoms with Crippen molar-refractivity contribution in [3.63, 3.8) is 0 Å². The highest BCUT2D eigenvalue weighted by molar-refractivity contribution is 5.87. The van der Waals surface area contributed by atoms with Crippen molar-refractivity contribution in [3.05, 3.63) is 30.0 Å². The van der Waals surface area contributed by atoms with Crippen LogP contribution in [0.5, 0.6) is 5.75 Å². The Morgan fingerprint density at radius 1 is 1.48 bits per heavy atom. The molecule has 1 aromatic carbocycles. The molecule has 112 valence electrons. The van der Waals surface area contributed by atoms with Crippen LogP contribution in [0.2, 0.25) is 0 Å². The van der Waals surface area contributed by atoms with Gasteiger partial charge in [0, 0.05) is 36.7 Å². The summed E-state index contributed by atoms with van der Waals surface area (Å²) in [6.07, 6.45) is 2.55. The van der Waals surface area contributed by atoms with E-state index in [1.54, 1.807) is 7.11 Å². The molecule has 3 rings (SSSR count). The number of amides is 1. The Balaban J connectivity index is 1.64. The van der Waals surface area contributed by atoms with E-state index in [4.69, 9.17) is 4.74 Å². The number of ether oxygens (including phenoxy) is 1. The van der Waals surface area contributed by atoms with Gasteiger partial charge in [0.05, 0.1) is 7.11 Å². The number of halogens is 1. The molecule has 1 fully saturated rings. The van der Waals surface area contributed by atoms with Crippen molar-refractivity contribution in [1.29, 1.82) is 0 Å². The number of H-pyrrole nitrogens is 1. The number of rotatable bonds is 5. The van der Waals surface area contributed by atoms with Crippen LogP contribution in [-0.2, 0) is 11.2 Å². The Morgan fingerprint density at radius 3 is 2.95 bits per heavy atom. The van der Waals surface area contributed by atoms with Gasteiger partial charge >= 0.3 is 0 Å². The van der Waals surface area contributed by atoms with Crippen LogP contribution in [0.1, 0.15) is 5.56 Å². The van der Waals surface area contributed by atoms with Crippen LogP contribution < -0.4 is 15.4 Å². The molecule has 1 aliphatic rings. The predicted molar refractivity (Wildman–Crippen MR) is 78.3 cm³/mol. The maximum atomic E-state index is 13.8. The number of carbonyl (C=O) groups excluding carboxylic acids is 1. The standard InChI is InChI=1S/C15H18FN3O2/c1-21-11-2-3-13-12(6-11)10(7-19-13)4-5-18-14(20)15(16)8-17-9-15/h2-3,6-7,17,19H,4-5,8-9H2,1H3,(H,18,20). The Labute approximate surface area is 121 Å². The van der Waals surface area contributed by atoms with Crippen molar-refractivity contribution in [2.24, 2.45) is 0 Å². The number of aromatic nitrogens is 1. The van der Waals surface area contributed by atoms with Crippen LogP contribution in [0.15, 0.2) is 24.4 Å². The number of fused-ring (bicyclic) bond motifs is 1. The first-order valence-electron chi connectivity index (χ1n) is 6.94. The minimum atomic E-state index is -1.73. The zero-order valence-electron chi connectivity index (χ0n) is 11.8. The summed E-state index contributed by atoms with van der Waals surface area (Å²) < 4.78 is 19.0. The quantitative estimate of drug-likeness (QED) is 0.774. The van der Waals surface area contributed by atoms with Crippen molar-refractivity contribution < 1.29 is 13.9 Å². The lowest BCUT2D eigenvalue weighted by atomic mass is 9.98. The molecule has 0 spiro atoms. The third-order valence-corrected chi connectivity index (χ3v) is 3.87. The van der Waals surface area contributed by atoms with E-state index in [0.29, 0.717) is 13.0 Å². The summed E-state index contributed by atoms with van der Waals surface area (Å²) in [6.45, 7) is 0.612. The average Bonchev–Trinajstić information content (AvgIpc) is 2.87. The molecule has 0 radical (unpaired) electrons. The Morgan fingerprint density at radius 2 is 2.29 bits per heavy atom. The lowest BCUT2D eigenvalue weighted by Gasteiger charge is -2.33. The summed E-state index contributed by atoms with van der Waals surface area (Å²) in [5.41, 5.74) is 0.356. The second-order valence-electron chi connectivity index (χ2n) is 5.30. The first kappa shape index (κ1) is 13.9. The Kier molecular flexibility index (Phi) is 3.55. The minimum Gasteiger partial charge on any atom is -0.497 e. The smallest absolute Gasteiger partial charge is 0.260 e. The molecule has 0 aliphatic carbocycles. The van der Waals surface area contributed by atoms with Crippen LogP contribution in [0.25, 0.3) is 10.9 Å². The lowest BCUT2D eigenvalue weighted by molar-refractivity contribution is -0.136. The summed E-state index contributed by atoms with van der Waals surface area (Å²) in [5, 5.41) is 6.49. The number of carbonyl (C=O) groups is 1. The largest absolute Gasteiger partial charge is 0.497 e. The monoisotopic (exact) mass is 291 g/mol. The first-order chi connectivity index (χ1) is 10.1. The molecule has 2 aromatic rings. The summed E-state index contributed by atoms with van der Waals surface area (Å²) in [7, 11) is 1.63. The fourth-order valence-corrected chi connectivity index (χ4v) is 2.47. The summed E-state index contributed by atoms with van der Waals surface area (Å²) in [5.74, 6) is 0.259. The van der Waals surface area contributed by atoms with Crippen molar-refractivity contribution in [2.45, 2.75) is 12.1 Å². The number of hydrogen-bond donors (Lipinski definition) is 3. The molecular formula is C15H18FN3O2. The molecule has 0 unspecified atom stereocenters. The van der Waals surface area contributed by atoms with Gasteiger partial charge in [0.25, 0.3) is 5.91 Å². The molecule has 1 saturated heterocycles. The zero-order chi connectivity index (χ0) is 14.9. The van der Waals surface area contributed by atoms with Crippen molar-refractivity contribution >= 4 is 16.8 Å². The highest BCUT2D eigenvalue weighted by Gasteiger charge is 2.44. The molecule has 0 saturated carbocycles. The van der Waals surface area contributed by atoms with Gasteiger partial charge in [-0.15, -0.1) is 0 Å². The minimum absolute atomic E-state index is 0.100. The molecule has 1 aromatic heterocycles. The molecule has 5 nitrogen and oxygen atoms in total. The second kappa shape index (κ2) is 5.37. The molecule has 1 amide bonds. The van der Waals surface area contributed by atoms with E-state index < -0.39 is 11.6 Å². The predicted octanol–water partition coefficient (Wildman–Crippen LogP) is 1.15. The van der Waals surface area contributed by atoms with Gasteiger partial charge in [-0.05, 0) is 30.2 Å². The van der Waals surface area contributed by atoms with E-state index in [-0.39, 0.29) is 13.1 Å². The van der Waals surface area contributed by atoms with Gasteiger partial charge in [-0.25, -0.2) is 4.39 Å². The summed E-state index contributed by atoms with van der Waals surface area (Å²) in [6, 6.07) is 5.79. The van der Waals surface area contributed by atoms with Gasteiger partial charge in [-0.1, -0.05) is 0 Å². The van der Waals surface area contributed by atoms with E-state index in [9.17, 15) is 9.18 Å². The number of methoxy groups -OCH3 is 1. The van der Waals surface area contributed by atoms with Crippen molar-refractivity contribution in [2.75, 3.05) is 26.7 Å². The van der Waals surface area contributed by atoms with E-state index in [1.165, 1.54) is 0 Å². The van der Waals surface area contributed by atoms with Crippen LogP contribution in [0.4, 0.5) is 4.39 Å². The van der Waals surface area contributed by atoms with Gasteiger partial charge < -0.3 is 20.4 Å². The third kappa shape index (κ3) is 2.58. The summed E-state index contributed by atoms with van der Waals surface area (Å²) in [4.78, 5) is 14.9. The van der Waals surface area contributed by atoms with Gasteiger partial charge in [0.15, 0.2) is 0 Å². The van der Waals surface area contributed by atoms with Gasteiger partial charge in [0.1, 0.15) is 5.75 Å². The zero-order valence-corrected chi connectivity index (χ0v) is 11.8. The van der Waals surface area contributed by atoms with Gasteiger partial charge in [-0.2, -0.15) is 0 Å². The molecule has 0 bridgehead atoms. The maximum absolute atomic E-state index is 13.8. The number of aromatic amines is 1. The maximum Gasteiger partial charge on any atom is 0.260 e. The van der Waals surface area contributed by atoms with Crippen LogP contribution in [0, 0.1) is 0 Å². The first-order valence-corrected chi connectivity index (χ1v) is 6.94. The SMILES string of the molecule is COc1ccc2[nH]cc(CCNC(=O)C3(F)CNC3)c2c1. The Bertz CT molecular complexity index is 664. The number of nitrogens with one attached hydrogen (secondary N) is 3. The number of benzene rings is 1. The molecule has 0 atom stereocenters. The van der Waals surface area contributed by atoms with E-state index in [0.717, 1.165) is 22.2 Å². The molecule has 21 heavy (non-hydrogen) atoms. The molecule has 2 heterocycles. The van der Waals surface area contributed by atoms with Crippen LogP contribution >= 0.6 is 0 Å². The van der Waals surface area contributed by atoms with Gasteiger partial charge in [0.2, 0.25) is 5.67 Å². The fraction of sp³-hybridized carbons (Fsp3) is 0.400. The fourth-order valence-electron chi connectivity index (χ4n) is 2.47. The average molecular weight is 291 g/mol. The van der Waals surface area contributed by atoms with Crippen LogP contribution in [-0.4, -0.2) is 43.3 Å². The van der Waals surface area contributed by atoms with E-state index in [1.807, 2.05) is 24.4 Å². The molecule has 6 heteroatoms. The van der Waals surface area contributed by atoms with Gasteiger partial charge in [-0.3, -0.25) is 4.79 Å². The van der Waals surface area contributed by atoms with Crippen molar-refractivity contribution in [3.8, 4) is 5.75 Å².